The first kappa shape index (κ1) is 14.0. The number of aliphatic imine (C=N–C) groups is 1. The molecule has 0 unspecified atom stereocenters. The van der Waals surface area contributed by atoms with Gasteiger partial charge in [-0.2, -0.15) is 11.8 Å². The van der Waals surface area contributed by atoms with E-state index in [4.69, 9.17) is 9.47 Å². The molecule has 1 aromatic rings. The average Bonchev–Trinajstić information content (AvgIpc) is 2.46. The lowest BCUT2D eigenvalue weighted by Gasteiger charge is -2.24. The minimum Gasteiger partial charge on any atom is -0.493 e. The Hall–Kier alpha value is -1.45. The number of hydrogen-bond acceptors (Lipinski definition) is 5. The number of carbonyl (C=O) groups excluding carboxylic acids is 1. The first-order valence-electron chi connectivity index (χ1n) is 6.28. The van der Waals surface area contributed by atoms with Crippen molar-refractivity contribution in [2.75, 3.05) is 18.6 Å². The average molecular weight is 279 g/mol. The van der Waals surface area contributed by atoms with Crippen LogP contribution in [0.1, 0.15) is 18.4 Å². The molecule has 19 heavy (non-hydrogen) atoms. The molecule has 1 fully saturated rings. The molecule has 0 atom stereocenters. The van der Waals surface area contributed by atoms with E-state index in [-0.39, 0.29) is 6.10 Å². The van der Waals surface area contributed by atoms with Crippen molar-refractivity contribution in [3.8, 4) is 11.5 Å². The van der Waals surface area contributed by atoms with Gasteiger partial charge in [-0.25, -0.2) is 9.79 Å². The summed E-state index contributed by atoms with van der Waals surface area (Å²) < 4.78 is 11.3. The Morgan fingerprint density at radius 2 is 2.16 bits per heavy atom. The molecule has 1 heterocycles. The monoisotopic (exact) mass is 279 g/mol. The Labute approximate surface area is 117 Å². The van der Waals surface area contributed by atoms with Crippen LogP contribution in [0.25, 0.3) is 0 Å². The van der Waals surface area contributed by atoms with Crippen molar-refractivity contribution in [3.63, 3.8) is 0 Å². The summed E-state index contributed by atoms with van der Waals surface area (Å²) in [5.41, 5.74) is 0.921. The number of hydrogen-bond donors (Lipinski definition) is 0. The summed E-state index contributed by atoms with van der Waals surface area (Å²) >= 11 is 1.96. The van der Waals surface area contributed by atoms with E-state index in [0.717, 1.165) is 41.4 Å². The maximum absolute atomic E-state index is 10.2. The van der Waals surface area contributed by atoms with Gasteiger partial charge in [0.1, 0.15) is 6.10 Å². The van der Waals surface area contributed by atoms with E-state index in [0.29, 0.717) is 6.54 Å². The highest BCUT2D eigenvalue weighted by Crippen LogP contribution is 2.31. The maximum atomic E-state index is 10.2. The van der Waals surface area contributed by atoms with Crippen molar-refractivity contribution >= 4 is 17.8 Å². The standard InChI is InChI=1S/C14H17NO3S/c1-17-13-3-2-11(9-15-10-16)8-14(13)18-12-4-6-19-7-5-12/h2-3,8,12H,4-7,9H2,1H3. The Morgan fingerprint density at radius 1 is 1.37 bits per heavy atom. The zero-order chi connectivity index (χ0) is 13.5. The zero-order valence-corrected chi connectivity index (χ0v) is 11.7. The Bertz CT molecular complexity index is 466. The fourth-order valence-electron chi connectivity index (χ4n) is 2.01. The largest absolute Gasteiger partial charge is 0.493 e. The van der Waals surface area contributed by atoms with Crippen LogP contribution in [0.2, 0.25) is 0 Å². The van der Waals surface area contributed by atoms with Crippen molar-refractivity contribution < 1.29 is 14.3 Å². The molecule has 1 aromatic carbocycles. The van der Waals surface area contributed by atoms with Crippen molar-refractivity contribution in [2.24, 2.45) is 4.99 Å². The summed E-state index contributed by atoms with van der Waals surface area (Å²) in [7, 11) is 1.63. The molecule has 0 aliphatic carbocycles. The van der Waals surface area contributed by atoms with Crippen LogP contribution in [0.15, 0.2) is 23.2 Å². The highest BCUT2D eigenvalue weighted by atomic mass is 32.2. The molecular weight excluding hydrogens is 262 g/mol. The molecule has 1 saturated heterocycles. The number of benzene rings is 1. The molecule has 0 saturated carbocycles. The number of ether oxygens (including phenoxy) is 2. The highest BCUT2D eigenvalue weighted by Gasteiger charge is 2.17. The highest BCUT2D eigenvalue weighted by molar-refractivity contribution is 7.99. The first-order chi connectivity index (χ1) is 9.33. The molecule has 0 bridgehead atoms. The number of rotatable bonds is 5. The van der Waals surface area contributed by atoms with Crippen LogP contribution in [0.5, 0.6) is 11.5 Å². The fraction of sp³-hybridized carbons (Fsp3) is 0.500. The molecular formula is C14H17NO3S. The summed E-state index contributed by atoms with van der Waals surface area (Å²) in [6, 6.07) is 5.62. The minimum atomic E-state index is 0.250. The second-order valence-electron chi connectivity index (χ2n) is 4.32. The van der Waals surface area contributed by atoms with Gasteiger partial charge in [-0.1, -0.05) is 6.07 Å². The SMILES string of the molecule is COc1ccc(CN=C=O)cc1OC1CCSCC1. The molecule has 5 heteroatoms. The van der Waals surface area contributed by atoms with Crippen molar-refractivity contribution in [1.82, 2.24) is 0 Å². The first-order valence-corrected chi connectivity index (χ1v) is 7.44. The van der Waals surface area contributed by atoms with Gasteiger partial charge in [-0.05, 0) is 42.0 Å². The van der Waals surface area contributed by atoms with Gasteiger partial charge in [0.25, 0.3) is 0 Å². The third-order valence-corrected chi connectivity index (χ3v) is 4.06. The minimum absolute atomic E-state index is 0.250. The Balaban J connectivity index is 2.12. The van der Waals surface area contributed by atoms with E-state index in [1.165, 1.54) is 0 Å². The van der Waals surface area contributed by atoms with Crippen LogP contribution >= 0.6 is 11.8 Å². The molecule has 1 aliphatic rings. The van der Waals surface area contributed by atoms with E-state index in [2.05, 4.69) is 4.99 Å². The van der Waals surface area contributed by atoms with Gasteiger partial charge in [-0.3, -0.25) is 0 Å². The van der Waals surface area contributed by atoms with Gasteiger partial charge in [0, 0.05) is 0 Å². The normalized spacial score (nSPS) is 15.6. The number of isocyanates is 1. The van der Waals surface area contributed by atoms with Crippen molar-refractivity contribution in [2.45, 2.75) is 25.5 Å². The summed E-state index contributed by atoms with van der Waals surface area (Å²) in [6.07, 6.45) is 3.92. The molecule has 0 aromatic heterocycles. The van der Waals surface area contributed by atoms with Crippen molar-refractivity contribution in [3.05, 3.63) is 23.8 Å². The predicted molar refractivity (Wildman–Crippen MR) is 75.8 cm³/mol. The second-order valence-corrected chi connectivity index (χ2v) is 5.55. The van der Waals surface area contributed by atoms with Gasteiger partial charge < -0.3 is 9.47 Å². The Morgan fingerprint density at radius 3 is 2.84 bits per heavy atom. The molecule has 0 amide bonds. The predicted octanol–water partition coefficient (Wildman–Crippen LogP) is 2.81. The van der Waals surface area contributed by atoms with E-state index >= 15 is 0 Å². The van der Waals surface area contributed by atoms with Crippen LogP contribution < -0.4 is 9.47 Å². The summed E-state index contributed by atoms with van der Waals surface area (Å²) in [5.74, 6) is 3.74. The lowest BCUT2D eigenvalue weighted by Crippen LogP contribution is -2.22. The molecule has 4 nitrogen and oxygen atoms in total. The third-order valence-electron chi connectivity index (χ3n) is 3.02. The van der Waals surface area contributed by atoms with Gasteiger partial charge in [0.2, 0.25) is 6.08 Å². The van der Waals surface area contributed by atoms with Gasteiger partial charge in [0.15, 0.2) is 11.5 Å². The third kappa shape index (κ3) is 4.01. The summed E-state index contributed by atoms with van der Waals surface area (Å²) in [6.45, 7) is 0.324. The van der Waals surface area contributed by atoms with Crippen molar-refractivity contribution in [1.29, 1.82) is 0 Å². The fourth-order valence-corrected chi connectivity index (χ4v) is 3.07. The van der Waals surface area contributed by atoms with Crippen LogP contribution in [0.3, 0.4) is 0 Å². The quantitative estimate of drug-likeness (QED) is 0.614. The van der Waals surface area contributed by atoms with Crippen LogP contribution in [-0.4, -0.2) is 30.8 Å². The second kappa shape index (κ2) is 7.22. The summed E-state index contributed by atoms with van der Waals surface area (Å²) in [5, 5.41) is 0. The van der Waals surface area contributed by atoms with E-state index in [1.807, 2.05) is 30.0 Å². The topological polar surface area (TPSA) is 47.9 Å². The van der Waals surface area contributed by atoms with E-state index < -0.39 is 0 Å². The van der Waals surface area contributed by atoms with E-state index in [1.54, 1.807) is 13.2 Å². The van der Waals surface area contributed by atoms with Gasteiger partial charge in [-0.15, -0.1) is 0 Å². The number of nitrogens with zero attached hydrogens (tertiary/aromatic N) is 1. The van der Waals surface area contributed by atoms with Crippen LogP contribution in [0.4, 0.5) is 0 Å². The molecule has 1 aliphatic heterocycles. The zero-order valence-electron chi connectivity index (χ0n) is 10.9. The van der Waals surface area contributed by atoms with Gasteiger partial charge >= 0.3 is 0 Å². The molecule has 0 spiro atoms. The van der Waals surface area contributed by atoms with Gasteiger partial charge in [0.05, 0.1) is 13.7 Å². The maximum Gasteiger partial charge on any atom is 0.235 e. The molecule has 0 radical (unpaired) electrons. The molecule has 0 N–H and O–H groups in total. The smallest absolute Gasteiger partial charge is 0.235 e. The molecule has 102 valence electrons. The lowest BCUT2D eigenvalue weighted by atomic mass is 10.2. The number of thioether (sulfide) groups is 1. The van der Waals surface area contributed by atoms with E-state index in [9.17, 15) is 4.79 Å². The van der Waals surface area contributed by atoms with Crippen LogP contribution in [0, 0.1) is 0 Å². The Kier molecular flexibility index (Phi) is 5.31. The number of methoxy groups -OCH3 is 1. The lowest BCUT2D eigenvalue weighted by molar-refractivity contribution is 0.184. The summed E-state index contributed by atoms with van der Waals surface area (Å²) in [4.78, 5) is 13.7. The van der Waals surface area contributed by atoms with Crippen LogP contribution in [-0.2, 0) is 11.3 Å². The molecule has 2 rings (SSSR count).